The van der Waals surface area contributed by atoms with Crippen LogP contribution in [0, 0.1) is 0 Å². The molecule has 1 aliphatic heterocycles. The fourth-order valence-electron chi connectivity index (χ4n) is 3.10. The molecule has 114 valence electrons. The van der Waals surface area contributed by atoms with Gasteiger partial charge in [-0.3, -0.25) is 0 Å². The Morgan fingerprint density at radius 2 is 2.05 bits per heavy atom. The van der Waals surface area contributed by atoms with Crippen molar-refractivity contribution in [3.05, 3.63) is 24.0 Å². The Balaban J connectivity index is 1.87. The fourth-order valence-corrected chi connectivity index (χ4v) is 3.10. The molecule has 0 bridgehead atoms. The molecule has 0 unspecified atom stereocenters. The van der Waals surface area contributed by atoms with Crippen molar-refractivity contribution in [3.8, 4) is 5.75 Å². The number of ether oxygens (including phenoxy) is 1. The molecule has 0 amide bonds. The van der Waals surface area contributed by atoms with Crippen molar-refractivity contribution >= 4 is 11.0 Å². The van der Waals surface area contributed by atoms with Gasteiger partial charge in [0.05, 0.1) is 18.1 Å². The minimum atomic E-state index is 0.629. The molecular weight excluding hydrogens is 264 g/mol. The van der Waals surface area contributed by atoms with Gasteiger partial charge in [-0.15, -0.1) is 0 Å². The number of hydrogen-bond acceptors (Lipinski definition) is 4. The molecule has 2 N–H and O–H groups in total. The summed E-state index contributed by atoms with van der Waals surface area (Å²) in [6, 6.07) is 6.11. The minimum Gasteiger partial charge on any atom is -0.497 e. The number of benzene rings is 1. The van der Waals surface area contributed by atoms with Gasteiger partial charge >= 0.3 is 0 Å². The number of fused-ring (bicyclic) bond motifs is 1. The first-order valence-corrected chi connectivity index (χ1v) is 7.77. The molecule has 0 saturated carbocycles. The van der Waals surface area contributed by atoms with E-state index in [4.69, 9.17) is 15.5 Å². The third-order valence-electron chi connectivity index (χ3n) is 4.24. The quantitative estimate of drug-likeness (QED) is 0.878. The predicted octanol–water partition coefficient (Wildman–Crippen LogP) is 1.64. The third-order valence-corrected chi connectivity index (χ3v) is 4.24. The molecule has 0 aliphatic carbocycles. The van der Waals surface area contributed by atoms with Crippen LogP contribution in [0.5, 0.6) is 5.75 Å². The molecule has 1 aromatic carbocycles. The molecule has 3 rings (SSSR count). The first-order valence-electron chi connectivity index (χ1n) is 7.77. The van der Waals surface area contributed by atoms with Gasteiger partial charge in [0.25, 0.3) is 0 Å². The summed E-state index contributed by atoms with van der Waals surface area (Å²) in [5.41, 5.74) is 7.92. The number of nitrogens with two attached hydrogens (primary N) is 1. The van der Waals surface area contributed by atoms with Crippen molar-refractivity contribution in [3.63, 3.8) is 0 Å². The minimum absolute atomic E-state index is 0.629. The molecule has 1 aromatic heterocycles. The molecule has 0 radical (unpaired) electrons. The zero-order chi connectivity index (χ0) is 14.7. The van der Waals surface area contributed by atoms with Gasteiger partial charge in [0.1, 0.15) is 11.6 Å². The van der Waals surface area contributed by atoms with Gasteiger partial charge in [0, 0.05) is 25.6 Å². The van der Waals surface area contributed by atoms with E-state index in [1.54, 1.807) is 7.11 Å². The van der Waals surface area contributed by atoms with E-state index in [9.17, 15) is 0 Å². The van der Waals surface area contributed by atoms with E-state index in [0.29, 0.717) is 6.54 Å². The summed E-state index contributed by atoms with van der Waals surface area (Å²) in [5.74, 6) is 1.94. The van der Waals surface area contributed by atoms with E-state index in [1.807, 2.05) is 12.1 Å². The summed E-state index contributed by atoms with van der Waals surface area (Å²) in [6.45, 7) is 5.16. The summed E-state index contributed by atoms with van der Waals surface area (Å²) in [5, 5.41) is 0. The van der Waals surface area contributed by atoms with Crippen LogP contribution in [0.15, 0.2) is 18.2 Å². The third kappa shape index (κ3) is 3.04. The van der Waals surface area contributed by atoms with Crippen LogP contribution < -0.4 is 10.5 Å². The highest BCUT2D eigenvalue weighted by Crippen LogP contribution is 2.22. The number of nitrogens with zero attached hydrogens (tertiary/aromatic N) is 3. The van der Waals surface area contributed by atoms with Gasteiger partial charge < -0.3 is 19.9 Å². The highest BCUT2D eigenvalue weighted by Gasteiger charge is 2.14. The van der Waals surface area contributed by atoms with Crippen molar-refractivity contribution < 1.29 is 4.74 Å². The van der Waals surface area contributed by atoms with Crippen LogP contribution in [-0.2, 0) is 13.0 Å². The van der Waals surface area contributed by atoms with Crippen LogP contribution in [-0.4, -0.2) is 47.7 Å². The van der Waals surface area contributed by atoms with E-state index in [0.717, 1.165) is 36.6 Å². The molecule has 0 atom stereocenters. The molecule has 21 heavy (non-hydrogen) atoms. The monoisotopic (exact) mass is 288 g/mol. The SMILES string of the molecule is COc1ccc2c(c1)nc(CCN)n2CCN1CCCC1. The second-order valence-electron chi connectivity index (χ2n) is 5.62. The smallest absolute Gasteiger partial charge is 0.121 e. The number of likely N-dealkylation sites (tertiary alicyclic amines) is 1. The maximum atomic E-state index is 5.74. The van der Waals surface area contributed by atoms with E-state index in [-0.39, 0.29) is 0 Å². The van der Waals surface area contributed by atoms with Gasteiger partial charge in [-0.1, -0.05) is 0 Å². The lowest BCUT2D eigenvalue weighted by Crippen LogP contribution is -2.25. The van der Waals surface area contributed by atoms with Crippen LogP contribution in [0.3, 0.4) is 0 Å². The normalized spacial score (nSPS) is 15.9. The molecule has 1 saturated heterocycles. The zero-order valence-electron chi connectivity index (χ0n) is 12.7. The Hall–Kier alpha value is -1.59. The van der Waals surface area contributed by atoms with Crippen molar-refractivity contribution in [2.75, 3.05) is 33.3 Å². The highest BCUT2D eigenvalue weighted by atomic mass is 16.5. The van der Waals surface area contributed by atoms with Crippen molar-refractivity contribution in [1.82, 2.24) is 14.5 Å². The summed E-state index contributed by atoms with van der Waals surface area (Å²) in [6.07, 6.45) is 3.48. The molecule has 1 aliphatic rings. The number of rotatable bonds is 6. The van der Waals surface area contributed by atoms with E-state index < -0.39 is 0 Å². The summed E-state index contributed by atoms with van der Waals surface area (Å²) in [4.78, 5) is 7.27. The highest BCUT2D eigenvalue weighted by molar-refractivity contribution is 5.77. The largest absolute Gasteiger partial charge is 0.497 e. The van der Waals surface area contributed by atoms with Crippen LogP contribution in [0.2, 0.25) is 0 Å². The summed E-state index contributed by atoms with van der Waals surface area (Å²) < 4.78 is 7.61. The molecule has 5 heteroatoms. The average molecular weight is 288 g/mol. The Labute approximate surface area is 125 Å². The maximum Gasteiger partial charge on any atom is 0.121 e. The van der Waals surface area contributed by atoms with Gasteiger partial charge in [-0.05, 0) is 44.6 Å². The van der Waals surface area contributed by atoms with Crippen molar-refractivity contribution in [2.45, 2.75) is 25.8 Å². The molecule has 5 nitrogen and oxygen atoms in total. The van der Waals surface area contributed by atoms with Crippen molar-refractivity contribution in [2.24, 2.45) is 5.73 Å². The summed E-state index contributed by atoms with van der Waals surface area (Å²) >= 11 is 0. The first-order chi connectivity index (χ1) is 10.3. The predicted molar refractivity (Wildman–Crippen MR) is 84.7 cm³/mol. The number of methoxy groups -OCH3 is 1. The van der Waals surface area contributed by atoms with E-state index in [1.165, 1.54) is 31.4 Å². The topological polar surface area (TPSA) is 56.3 Å². The number of imidazole rings is 1. The van der Waals surface area contributed by atoms with Crippen LogP contribution in [0.25, 0.3) is 11.0 Å². The van der Waals surface area contributed by atoms with Crippen LogP contribution in [0.4, 0.5) is 0 Å². The lowest BCUT2D eigenvalue weighted by molar-refractivity contribution is 0.322. The average Bonchev–Trinajstić information content (AvgIpc) is 3.12. The summed E-state index contributed by atoms with van der Waals surface area (Å²) in [7, 11) is 1.69. The lowest BCUT2D eigenvalue weighted by Gasteiger charge is -2.16. The van der Waals surface area contributed by atoms with Gasteiger partial charge in [0.15, 0.2) is 0 Å². The van der Waals surface area contributed by atoms with E-state index >= 15 is 0 Å². The molecule has 0 spiro atoms. The molecular formula is C16H24N4O. The molecule has 1 fully saturated rings. The van der Waals surface area contributed by atoms with E-state index in [2.05, 4.69) is 15.5 Å². The van der Waals surface area contributed by atoms with Gasteiger partial charge in [-0.2, -0.15) is 0 Å². The molecule has 2 aromatic rings. The molecule has 2 heterocycles. The second-order valence-corrected chi connectivity index (χ2v) is 5.62. The standard InChI is InChI=1S/C16H24N4O/c1-21-13-4-5-15-14(12-13)18-16(6-7-17)20(15)11-10-19-8-2-3-9-19/h4-5,12H,2-3,6-11,17H2,1H3. The Morgan fingerprint density at radius 1 is 1.24 bits per heavy atom. The van der Waals surface area contributed by atoms with Crippen LogP contribution in [0.1, 0.15) is 18.7 Å². The Kier molecular flexibility index (Phi) is 4.41. The fraction of sp³-hybridized carbons (Fsp3) is 0.562. The lowest BCUT2D eigenvalue weighted by atomic mass is 10.3. The second kappa shape index (κ2) is 6.45. The number of hydrogen-bond donors (Lipinski definition) is 1. The van der Waals surface area contributed by atoms with Gasteiger partial charge in [0.2, 0.25) is 0 Å². The Morgan fingerprint density at radius 3 is 2.76 bits per heavy atom. The first kappa shape index (κ1) is 14.4. The van der Waals surface area contributed by atoms with Gasteiger partial charge in [-0.25, -0.2) is 4.98 Å². The van der Waals surface area contributed by atoms with Crippen LogP contribution >= 0.6 is 0 Å². The maximum absolute atomic E-state index is 5.74. The zero-order valence-corrected chi connectivity index (χ0v) is 12.7. The Bertz CT molecular complexity index is 602. The number of aromatic nitrogens is 2. The van der Waals surface area contributed by atoms with Crippen molar-refractivity contribution in [1.29, 1.82) is 0 Å².